The molecule has 1 aliphatic carbocycles. The summed E-state index contributed by atoms with van der Waals surface area (Å²) in [5, 5.41) is 0. The lowest BCUT2D eigenvalue weighted by atomic mass is 9.67. The average Bonchev–Trinajstić information content (AvgIpc) is 2.55. The molecule has 1 aliphatic heterocycles. The predicted octanol–water partition coefficient (Wildman–Crippen LogP) is 3.27. The molecule has 0 aromatic rings. The fourth-order valence-corrected chi connectivity index (χ4v) is 2.64. The van der Waals surface area contributed by atoms with Gasteiger partial charge in [0.1, 0.15) is 0 Å². The minimum atomic E-state index is -0.167. The van der Waals surface area contributed by atoms with Crippen LogP contribution in [0.5, 0.6) is 0 Å². The third-order valence-corrected chi connectivity index (χ3v) is 4.55. The highest BCUT2D eigenvalue weighted by atomic mass is 16.7. The SMILES string of the molecule is C[C@@H]1CCC[C@@H]1B1OC(C)(C)C(C)(C)O1. The van der Waals surface area contributed by atoms with Gasteiger partial charge in [-0.1, -0.05) is 26.2 Å². The minimum absolute atomic E-state index is 0.0208. The molecule has 0 aromatic carbocycles. The molecule has 1 heterocycles. The summed E-state index contributed by atoms with van der Waals surface area (Å²) >= 11 is 0. The maximum absolute atomic E-state index is 6.10. The predicted molar refractivity (Wildman–Crippen MR) is 62.8 cm³/mol. The Morgan fingerprint density at radius 3 is 1.93 bits per heavy atom. The fraction of sp³-hybridized carbons (Fsp3) is 1.00. The van der Waals surface area contributed by atoms with E-state index in [4.69, 9.17) is 9.31 Å². The van der Waals surface area contributed by atoms with E-state index in [1.807, 2.05) is 0 Å². The van der Waals surface area contributed by atoms with E-state index in [0.717, 1.165) is 5.92 Å². The first-order valence-electron chi connectivity index (χ1n) is 6.19. The van der Waals surface area contributed by atoms with Crippen molar-refractivity contribution in [2.75, 3.05) is 0 Å². The summed E-state index contributed by atoms with van der Waals surface area (Å²) in [5.41, 5.74) is -0.333. The number of hydrogen-bond acceptors (Lipinski definition) is 2. The molecule has 0 aromatic heterocycles. The Kier molecular flexibility index (Phi) is 2.67. The normalized spacial score (nSPS) is 38.6. The monoisotopic (exact) mass is 210 g/mol. The Labute approximate surface area is 93.9 Å². The van der Waals surface area contributed by atoms with Gasteiger partial charge in [0.2, 0.25) is 0 Å². The van der Waals surface area contributed by atoms with Crippen LogP contribution >= 0.6 is 0 Å². The topological polar surface area (TPSA) is 18.5 Å². The van der Waals surface area contributed by atoms with E-state index in [9.17, 15) is 0 Å². The van der Waals surface area contributed by atoms with Crippen LogP contribution in [0.1, 0.15) is 53.9 Å². The van der Waals surface area contributed by atoms with Crippen molar-refractivity contribution in [1.29, 1.82) is 0 Å². The van der Waals surface area contributed by atoms with E-state index in [2.05, 4.69) is 34.6 Å². The molecule has 15 heavy (non-hydrogen) atoms. The smallest absolute Gasteiger partial charge is 0.403 e. The van der Waals surface area contributed by atoms with Gasteiger partial charge in [-0.3, -0.25) is 0 Å². The largest absolute Gasteiger partial charge is 0.461 e. The lowest BCUT2D eigenvalue weighted by Crippen LogP contribution is -2.41. The second kappa shape index (κ2) is 3.49. The van der Waals surface area contributed by atoms with Crippen molar-refractivity contribution >= 4 is 7.12 Å². The van der Waals surface area contributed by atoms with Gasteiger partial charge in [0.25, 0.3) is 0 Å². The molecule has 2 aliphatic rings. The van der Waals surface area contributed by atoms with Crippen LogP contribution in [0, 0.1) is 5.92 Å². The van der Waals surface area contributed by atoms with Crippen molar-refractivity contribution < 1.29 is 9.31 Å². The Morgan fingerprint density at radius 2 is 1.53 bits per heavy atom. The van der Waals surface area contributed by atoms with Crippen LogP contribution in [0.25, 0.3) is 0 Å². The first kappa shape index (κ1) is 11.5. The molecule has 0 spiro atoms. The molecule has 1 saturated heterocycles. The fourth-order valence-electron chi connectivity index (χ4n) is 2.64. The molecule has 2 atom stereocenters. The molecule has 2 rings (SSSR count). The molecule has 2 nitrogen and oxygen atoms in total. The summed E-state index contributed by atoms with van der Waals surface area (Å²) < 4.78 is 12.2. The van der Waals surface area contributed by atoms with Crippen LogP contribution in [-0.4, -0.2) is 18.3 Å². The summed E-state index contributed by atoms with van der Waals surface area (Å²) in [6.07, 6.45) is 3.92. The molecule has 0 N–H and O–H groups in total. The van der Waals surface area contributed by atoms with Gasteiger partial charge in [0.05, 0.1) is 11.2 Å². The Hall–Kier alpha value is -0.0151. The number of rotatable bonds is 1. The van der Waals surface area contributed by atoms with Gasteiger partial charge in [-0.05, 0) is 39.4 Å². The van der Waals surface area contributed by atoms with Crippen LogP contribution in [0.2, 0.25) is 5.82 Å². The summed E-state index contributed by atoms with van der Waals surface area (Å²) in [5.74, 6) is 1.35. The van der Waals surface area contributed by atoms with Gasteiger partial charge in [-0.15, -0.1) is 0 Å². The van der Waals surface area contributed by atoms with E-state index in [0.29, 0.717) is 5.82 Å². The molecule has 0 radical (unpaired) electrons. The lowest BCUT2D eigenvalue weighted by molar-refractivity contribution is 0.00578. The van der Waals surface area contributed by atoms with Crippen molar-refractivity contribution in [3.63, 3.8) is 0 Å². The standard InChI is InChI=1S/C12H23BO2/c1-9-7-6-8-10(9)13-14-11(2,3)12(4,5)15-13/h9-10H,6-8H2,1-5H3/t9-,10+/m1/s1. The highest BCUT2D eigenvalue weighted by molar-refractivity contribution is 6.47. The molecular formula is C12H23BO2. The molecule has 0 bridgehead atoms. The van der Waals surface area contributed by atoms with Gasteiger partial charge in [0.15, 0.2) is 0 Å². The summed E-state index contributed by atoms with van der Waals surface area (Å²) in [7, 11) is 0.0208. The van der Waals surface area contributed by atoms with E-state index in [-0.39, 0.29) is 18.3 Å². The molecule has 0 amide bonds. The van der Waals surface area contributed by atoms with Crippen molar-refractivity contribution in [3.8, 4) is 0 Å². The van der Waals surface area contributed by atoms with Crippen molar-refractivity contribution in [2.24, 2.45) is 5.92 Å². The lowest BCUT2D eigenvalue weighted by Gasteiger charge is -2.32. The molecular weight excluding hydrogens is 187 g/mol. The quantitative estimate of drug-likeness (QED) is 0.618. The van der Waals surface area contributed by atoms with Crippen LogP contribution in [0.4, 0.5) is 0 Å². The van der Waals surface area contributed by atoms with E-state index in [1.54, 1.807) is 0 Å². The van der Waals surface area contributed by atoms with E-state index >= 15 is 0 Å². The van der Waals surface area contributed by atoms with Crippen LogP contribution < -0.4 is 0 Å². The van der Waals surface area contributed by atoms with Crippen LogP contribution in [0.15, 0.2) is 0 Å². The minimum Gasteiger partial charge on any atom is -0.403 e. The zero-order valence-electron chi connectivity index (χ0n) is 10.7. The van der Waals surface area contributed by atoms with Crippen LogP contribution in [-0.2, 0) is 9.31 Å². The zero-order chi connectivity index (χ0) is 11.3. The maximum atomic E-state index is 6.10. The van der Waals surface area contributed by atoms with E-state index < -0.39 is 0 Å². The van der Waals surface area contributed by atoms with Gasteiger partial charge >= 0.3 is 7.12 Å². The highest BCUT2D eigenvalue weighted by Crippen LogP contribution is 2.46. The first-order valence-corrected chi connectivity index (χ1v) is 6.19. The van der Waals surface area contributed by atoms with Gasteiger partial charge < -0.3 is 9.31 Å². The summed E-state index contributed by atoms with van der Waals surface area (Å²) in [6, 6.07) is 0. The average molecular weight is 210 g/mol. The van der Waals surface area contributed by atoms with Crippen LogP contribution in [0.3, 0.4) is 0 Å². The number of hydrogen-bond donors (Lipinski definition) is 0. The zero-order valence-corrected chi connectivity index (χ0v) is 10.7. The Bertz CT molecular complexity index is 234. The van der Waals surface area contributed by atoms with Crippen molar-refractivity contribution in [2.45, 2.75) is 70.9 Å². The van der Waals surface area contributed by atoms with Crippen molar-refractivity contribution in [3.05, 3.63) is 0 Å². The second-order valence-corrected chi connectivity index (χ2v) is 6.20. The summed E-state index contributed by atoms with van der Waals surface area (Å²) in [4.78, 5) is 0. The Morgan fingerprint density at radius 1 is 1.00 bits per heavy atom. The molecule has 86 valence electrons. The van der Waals surface area contributed by atoms with Gasteiger partial charge in [0, 0.05) is 0 Å². The third-order valence-electron chi connectivity index (χ3n) is 4.55. The maximum Gasteiger partial charge on any atom is 0.461 e. The van der Waals surface area contributed by atoms with Gasteiger partial charge in [-0.25, -0.2) is 0 Å². The first-order chi connectivity index (χ1) is 6.83. The van der Waals surface area contributed by atoms with Crippen molar-refractivity contribution in [1.82, 2.24) is 0 Å². The third kappa shape index (κ3) is 1.85. The Balaban J connectivity index is 2.09. The highest BCUT2D eigenvalue weighted by Gasteiger charge is 2.54. The van der Waals surface area contributed by atoms with Gasteiger partial charge in [-0.2, -0.15) is 0 Å². The molecule has 2 fully saturated rings. The molecule has 0 unspecified atom stereocenters. The molecule has 3 heteroatoms. The molecule has 1 saturated carbocycles. The van der Waals surface area contributed by atoms with E-state index in [1.165, 1.54) is 19.3 Å². The summed E-state index contributed by atoms with van der Waals surface area (Å²) in [6.45, 7) is 10.8. The second-order valence-electron chi connectivity index (χ2n) is 6.20.